The molecule has 0 radical (unpaired) electrons. The van der Waals surface area contributed by atoms with E-state index >= 15 is 0 Å². The lowest BCUT2D eigenvalue weighted by atomic mass is 9.99. The molecule has 0 aliphatic heterocycles. The highest BCUT2D eigenvalue weighted by Gasteiger charge is 2.05. The first-order valence-corrected chi connectivity index (χ1v) is 8.05. The van der Waals surface area contributed by atoms with Crippen molar-refractivity contribution in [2.75, 3.05) is 52.9 Å². The van der Waals surface area contributed by atoms with E-state index < -0.39 is 0 Å². The first-order chi connectivity index (χ1) is 10.1. The second-order valence-corrected chi connectivity index (χ2v) is 5.32. The van der Waals surface area contributed by atoms with Gasteiger partial charge >= 0.3 is 0 Å². The van der Waals surface area contributed by atoms with Crippen LogP contribution in [0.4, 0.5) is 0 Å². The molecule has 130 valence electrons. The van der Waals surface area contributed by atoms with Crippen LogP contribution in [0.1, 0.15) is 40.5 Å². The Morgan fingerprint density at radius 2 is 1.29 bits per heavy atom. The Kier molecular flexibility index (Phi) is 21.8. The van der Waals surface area contributed by atoms with Crippen molar-refractivity contribution in [1.82, 2.24) is 0 Å². The third-order valence-electron chi connectivity index (χ3n) is 3.00. The summed E-state index contributed by atoms with van der Waals surface area (Å²) in [5, 5.41) is 16.5. The second kappa shape index (κ2) is 19.8. The molecule has 0 spiro atoms. The van der Waals surface area contributed by atoms with E-state index in [1.54, 1.807) is 0 Å². The SMILES string of the molecule is CCCCOCC(C)C(C)C.OCCOCCOCCO. The Labute approximate surface area is 130 Å². The molecular weight excluding hydrogens is 272 g/mol. The molecule has 5 nitrogen and oxygen atoms in total. The second-order valence-electron chi connectivity index (χ2n) is 5.32. The van der Waals surface area contributed by atoms with Crippen molar-refractivity contribution < 1.29 is 24.4 Å². The van der Waals surface area contributed by atoms with Crippen LogP contribution in [0.25, 0.3) is 0 Å². The zero-order valence-corrected chi connectivity index (χ0v) is 14.3. The molecule has 0 heterocycles. The van der Waals surface area contributed by atoms with Crippen LogP contribution < -0.4 is 0 Å². The Morgan fingerprint density at radius 3 is 1.67 bits per heavy atom. The van der Waals surface area contributed by atoms with Crippen molar-refractivity contribution in [2.45, 2.75) is 40.5 Å². The van der Waals surface area contributed by atoms with E-state index in [9.17, 15) is 0 Å². The molecule has 21 heavy (non-hydrogen) atoms. The molecule has 0 saturated carbocycles. The Hall–Kier alpha value is -0.200. The van der Waals surface area contributed by atoms with Gasteiger partial charge in [-0.15, -0.1) is 0 Å². The molecule has 0 aliphatic carbocycles. The van der Waals surface area contributed by atoms with E-state index in [4.69, 9.17) is 24.4 Å². The molecule has 0 rings (SSSR count). The third-order valence-corrected chi connectivity index (χ3v) is 3.00. The highest BCUT2D eigenvalue weighted by Crippen LogP contribution is 2.09. The summed E-state index contributed by atoms with van der Waals surface area (Å²) >= 11 is 0. The summed E-state index contributed by atoms with van der Waals surface area (Å²) in [5.74, 6) is 1.45. The van der Waals surface area contributed by atoms with Crippen molar-refractivity contribution in [1.29, 1.82) is 0 Å². The fraction of sp³-hybridized carbons (Fsp3) is 1.00. The standard InChI is InChI=1S/C10H22O.C6H14O4/c1-5-6-7-11-8-10(4)9(2)3;7-1-3-9-5-6-10-4-2-8/h9-10H,5-8H2,1-4H3;7-8H,1-6H2. The van der Waals surface area contributed by atoms with Gasteiger partial charge in [0.15, 0.2) is 0 Å². The number of aliphatic hydroxyl groups excluding tert-OH is 2. The van der Waals surface area contributed by atoms with Crippen LogP contribution in [0.3, 0.4) is 0 Å². The van der Waals surface area contributed by atoms with E-state index in [0.29, 0.717) is 32.3 Å². The largest absolute Gasteiger partial charge is 0.394 e. The molecule has 5 heteroatoms. The van der Waals surface area contributed by atoms with Gasteiger partial charge in [0, 0.05) is 13.2 Å². The summed E-state index contributed by atoms with van der Waals surface area (Å²) in [6.07, 6.45) is 2.43. The normalized spacial score (nSPS) is 12.1. The number of unbranched alkanes of at least 4 members (excludes halogenated alkanes) is 1. The van der Waals surface area contributed by atoms with Crippen molar-refractivity contribution in [3.05, 3.63) is 0 Å². The average molecular weight is 308 g/mol. The van der Waals surface area contributed by atoms with Crippen LogP contribution in [0.2, 0.25) is 0 Å². The zero-order valence-electron chi connectivity index (χ0n) is 14.3. The van der Waals surface area contributed by atoms with Crippen LogP contribution in [-0.2, 0) is 14.2 Å². The number of hydrogen-bond acceptors (Lipinski definition) is 5. The molecule has 1 unspecified atom stereocenters. The van der Waals surface area contributed by atoms with Crippen LogP contribution in [0.5, 0.6) is 0 Å². The topological polar surface area (TPSA) is 68.2 Å². The number of hydrogen-bond donors (Lipinski definition) is 2. The predicted octanol–water partition coefficient (Wildman–Crippen LogP) is 2.10. The van der Waals surface area contributed by atoms with Crippen molar-refractivity contribution in [2.24, 2.45) is 11.8 Å². The van der Waals surface area contributed by atoms with Crippen LogP contribution in [0.15, 0.2) is 0 Å². The average Bonchev–Trinajstić information content (AvgIpc) is 2.47. The maximum atomic E-state index is 8.26. The Balaban J connectivity index is 0. The minimum absolute atomic E-state index is 0.0417. The van der Waals surface area contributed by atoms with Gasteiger partial charge in [0.25, 0.3) is 0 Å². The molecule has 0 amide bonds. The van der Waals surface area contributed by atoms with E-state index in [1.165, 1.54) is 12.8 Å². The lowest BCUT2D eigenvalue weighted by Crippen LogP contribution is -2.12. The zero-order chi connectivity index (χ0) is 16.3. The molecule has 0 fully saturated rings. The maximum absolute atomic E-state index is 8.26. The van der Waals surface area contributed by atoms with Gasteiger partial charge in [-0.1, -0.05) is 34.1 Å². The van der Waals surface area contributed by atoms with E-state index in [0.717, 1.165) is 19.1 Å². The van der Waals surface area contributed by atoms with Gasteiger partial charge in [-0.2, -0.15) is 0 Å². The third kappa shape index (κ3) is 22.2. The van der Waals surface area contributed by atoms with Gasteiger partial charge in [-0.05, 0) is 18.3 Å². The fourth-order valence-corrected chi connectivity index (χ4v) is 1.16. The van der Waals surface area contributed by atoms with Crippen LogP contribution in [-0.4, -0.2) is 63.1 Å². The van der Waals surface area contributed by atoms with Gasteiger partial charge in [0.1, 0.15) is 0 Å². The molecular formula is C16H36O5. The first kappa shape index (κ1) is 23.1. The summed E-state index contributed by atoms with van der Waals surface area (Å²) in [5.41, 5.74) is 0. The van der Waals surface area contributed by atoms with E-state index in [-0.39, 0.29) is 13.2 Å². The summed E-state index contributed by atoms with van der Waals surface area (Å²) in [4.78, 5) is 0. The monoisotopic (exact) mass is 308 g/mol. The minimum atomic E-state index is 0.0417. The lowest BCUT2D eigenvalue weighted by molar-refractivity contribution is 0.0222. The highest BCUT2D eigenvalue weighted by atomic mass is 16.5. The molecule has 2 N–H and O–H groups in total. The van der Waals surface area contributed by atoms with Gasteiger partial charge in [0.05, 0.1) is 39.6 Å². The van der Waals surface area contributed by atoms with Crippen molar-refractivity contribution in [3.8, 4) is 0 Å². The number of rotatable bonds is 13. The van der Waals surface area contributed by atoms with Crippen molar-refractivity contribution in [3.63, 3.8) is 0 Å². The molecule has 0 aromatic rings. The van der Waals surface area contributed by atoms with E-state index in [1.807, 2.05) is 0 Å². The van der Waals surface area contributed by atoms with Crippen LogP contribution in [0, 0.1) is 11.8 Å². The quantitative estimate of drug-likeness (QED) is 0.510. The minimum Gasteiger partial charge on any atom is -0.394 e. The summed E-state index contributed by atoms with van der Waals surface area (Å²) in [6, 6.07) is 0. The van der Waals surface area contributed by atoms with E-state index in [2.05, 4.69) is 27.7 Å². The first-order valence-electron chi connectivity index (χ1n) is 8.05. The maximum Gasteiger partial charge on any atom is 0.0701 e. The van der Waals surface area contributed by atoms with Gasteiger partial charge < -0.3 is 24.4 Å². The smallest absolute Gasteiger partial charge is 0.0701 e. The van der Waals surface area contributed by atoms with Gasteiger partial charge in [-0.25, -0.2) is 0 Å². The summed E-state index contributed by atoms with van der Waals surface area (Å²) in [7, 11) is 0. The lowest BCUT2D eigenvalue weighted by Gasteiger charge is -2.14. The number of aliphatic hydroxyl groups is 2. The Morgan fingerprint density at radius 1 is 0.762 bits per heavy atom. The molecule has 0 aromatic carbocycles. The predicted molar refractivity (Wildman–Crippen MR) is 85.5 cm³/mol. The molecule has 0 aliphatic rings. The summed E-state index contributed by atoms with van der Waals surface area (Å²) < 4.78 is 15.2. The fourth-order valence-electron chi connectivity index (χ4n) is 1.16. The Bertz CT molecular complexity index is 168. The van der Waals surface area contributed by atoms with Gasteiger partial charge in [0.2, 0.25) is 0 Å². The summed E-state index contributed by atoms with van der Waals surface area (Å²) in [6.45, 7) is 12.5. The molecule has 0 bridgehead atoms. The molecule has 0 aromatic heterocycles. The van der Waals surface area contributed by atoms with Crippen LogP contribution >= 0.6 is 0 Å². The molecule has 1 atom stereocenters. The highest BCUT2D eigenvalue weighted by molar-refractivity contribution is 4.54. The van der Waals surface area contributed by atoms with Gasteiger partial charge in [-0.3, -0.25) is 0 Å². The number of ether oxygens (including phenoxy) is 3. The van der Waals surface area contributed by atoms with Crippen molar-refractivity contribution >= 4 is 0 Å². The molecule has 0 saturated heterocycles.